The fraction of sp³-hybridized carbons (Fsp3) is 0.300. The van der Waals surface area contributed by atoms with Crippen LogP contribution in [0.2, 0.25) is 0 Å². The average Bonchev–Trinajstić information content (AvgIpc) is 2.64. The van der Waals surface area contributed by atoms with Gasteiger partial charge < -0.3 is 22.5 Å². The van der Waals surface area contributed by atoms with Crippen LogP contribution in [0.3, 0.4) is 0 Å². The second kappa shape index (κ2) is 22.9. The standard InChI is InChI=1S/2C10H12O2.2ClH.2H2N.Pt/c2*11-10(12)8-4-7-9-5-2-1-3-6-9;;;;;/h2*1-3,5-6H,4,7-8H2,(H,11,12);2*1H;2*1H2;/q;;;;2*-1;+4/p-2. The molecular formula is C20H28Cl2N2O4Pt. The van der Waals surface area contributed by atoms with Crippen molar-refractivity contribution in [1.29, 1.82) is 0 Å². The van der Waals surface area contributed by atoms with E-state index in [4.69, 9.17) is 29.0 Å². The van der Waals surface area contributed by atoms with Crippen molar-refractivity contribution in [3.05, 3.63) is 84.1 Å². The summed E-state index contributed by atoms with van der Waals surface area (Å²) in [6.45, 7) is 0. The van der Waals surface area contributed by atoms with Gasteiger partial charge in [0, 0.05) is 12.8 Å². The number of carbonyl (C=O) groups is 2. The third-order valence-corrected chi connectivity index (χ3v) is 3.40. The monoisotopic (exact) mass is 625 g/mol. The molecule has 166 valence electrons. The van der Waals surface area contributed by atoms with Crippen LogP contribution in [-0.4, -0.2) is 22.2 Å². The van der Waals surface area contributed by atoms with E-state index in [-0.39, 0.29) is 25.1 Å². The summed E-state index contributed by atoms with van der Waals surface area (Å²) in [6, 6.07) is 19.9. The summed E-state index contributed by atoms with van der Waals surface area (Å²) in [6.07, 6.45) is 3.67. The molecule has 0 heterocycles. The van der Waals surface area contributed by atoms with E-state index in [0.717, 1.165) is 25.7 Å². The number of rotatable bonds is 8. The van der Waals surface area contributed by atoms with Crippen molar-refractivity contribution >= 4 is 30.8 Å². The minimum atomic E-state index is -0.717. The van der Waals surface area contributed by atoms with Crippen molar-refractivity contribution in [1.82, 2.24) is 0 Å². The van der Waals surface area contributed by atoms with Gasteiger partial charge in [0.1, 0.15) is 0 Å². The van der Waals surface area contributed by atoms with Crippen LogP contribution in [0, 0.1) is 0 Å². The summed E-state index contributed by atoms with van der Waals surface area (Å²) < 4.78 is 0. The zero-order valence-electron chi connectivity index (χ0n) is 16.0. The van der Waals surface area contributed by atoms with Crippen molar-refractivity contribution in [3.63, 3.8) is 0 Å². The van der Waals surface area contributed by atoms with E-state index in [9.17, 15) is 9.59 Å². The van der Waals surface area contributed by atoms with E-state index in [1.54, 1.807) is 0 Å². The quantitative estimate of drug-likeness (QED) is 0.326. The van der Waals surface area contributed by atoms with E-state index in [0.29, 0.717) is 0 Å². The average molecular weight is 626 g/mol. The second-order valence-electron chi connectivity index (χ2n) is 5.51. The van der Waals surface area contributed by atoms with Gasteiger partial charge in [-0.2, -0.15) is 0 Å². The van der Waals surface area contributed by atoms with Crippen LogP contribution in [0.1, 0.15) is 36.8 Å². The van der Waals surface area contributed by atoms with Gasteiger partial charge in [0.05, 0.1) is 0 Å². The molecule has 0 atom stereocenters. The Morgan fingerprint density at radius 2 is 0.966 bits per heavy atom. The largest absolute Gasteiger partial charge is 0.693 e. The first kappa shape index (κ1) is 32.2. The molecule has 0 aliphatic heterocycles. The molecule has 0 aromatic heterocycles. The maximum Gasteiger partial charge on any atom is -0.693 e. The number of halogens is 2. The number of carboxylic acid groups (broad SMARTS) is 2. The number of nitrogens with two attached hydrogens (primary N) is 2. The smallest absolute Gasteiger partial charge is 0.693 e. The van der Waals surface area contributed by atoms with E-state index < -0.39 is 28.4 Å². The van der Waals surface area contributed by atoms with Gasteiger partial charge in [0.15, 0.2) is 0 Å². The number of carboxylic acids is 2. The third kappa shape index (κ3) is 22.7. The summed E-state index contributed by atoms with van der Waals surface area (Å²) in [4.78, 5) is 20.4. The molecule has 9 heteroatoms. The summed E-state index contributed by atoms with van der Waals surface area (Å²) in [5.41, 5.74) is 2.41. The van der Waals surface area contributed by atoms with Gasteiger partial charge in [0.2, 0.25) is 0 Å². The molecule has 0 unspecified atom stereocenters. The van der Waals surface area contributed by atoms with E-state index in [1.807, 2.05) is 60.7 Å². The molecular weight excluding hydrogens is 598 g/mol. The minimum Gasteiger partial charge on any atom is -0.693 e. The first-order chi connectivity index (χ1) is 13.0. The molecule has 0 fully saturated rings. The Morgan fingerprint density at radius 1 is 0.690 bits per heavy atom. The second-order valence-corrected chi connectivity index (χ2v) is 8.79. The normalized spacial score (nSPS) is 8.76. The van der Waals surface area contributed by atoms with Gasteiger partial charge in [0.25, 0.3) is 0 Å². The van der Waals surface area contributed by atoms with Crippen LogP contribution >= 0.6 is 18.8 Å². The maximum atomic E-state index is 10.2. The molecule has 0 saturated heterocycles. The van der Waals surface area contributed by atoms with E-state index >= 15 is 0 Å². The van der Waals surface area contributed by atoms with Crippen LogP contribution < -0.4 is 0 Å². The molecule has 0 radical (unpaired) electrons. The molecule has 0 bridgehead atoms. The first-order valence-corrected chi connectivity index (χ1v) is 14.0. The Morgan fingerprint density at radius 3 is 1.21 bits per heavy atom. The Hall–Kier alpha value is -1.43. The molecule has 29 heavy (non-hydrogen) atoms. The van der Waals surface area contributed by atoms with Crippen molar-refractivity contribution in [2.75, 3.05) is 0 Å². The summed E-state index contributed by atoms with van der Waals surface area (Å²) >= 11 is -0.472. The predicted octanol–water partition coefficient (Wildman–Crippen LogP) is 7.00. The number of benzene rings is 2. The van der Waals surface area contributed by atoms with Crippen molar-refractivity contribution < 1.29 is 36.3 Å². The number of hydrogen-bond donors (Lipinski definition) is 2. The number of aryl methyl sites for hydroxylation is 2. The Labute approximate surface area is 189 Å². The zero-order valence-corrected chi connectivity index (χ0v) is 19.7. The Balaban J connectivity index is -0.000000387. The van der Waals surface area contributed by atoms with Crippen LogP contribution in [0.5, 0.6) is 0 Å². The molecule has 6 N–H and O–H groups in total. The number of hydrogen-bond acceptors (Lipinski definition) is 2. The zero-order chi connectivity index (χ0) is 20.3. The summed E-state index contributed by atoms with van der Waals surface area (Å²) in [5, 5.41) is 16.8. The predicted molar refractivity (Wildman–Crippen MR) is 116 cm³/mol. The topological polar surface area (TPSA) is 142 Å². The van der Waals surface area contributed by atoms with Crippen molar-refractivity contribution in [2.45, 2.75) is 38.5 Å². The van der Waals surface area contributed by atoms with Crippen LogP contribution in [0.15, 0.2) is 60.7 Å². The molecule has 0 saturated carbocycles. The Kier molecular flexibility index (Phi) is 25.4. The fourth-order valence-corrected chi connectivity index (χ4v) is 2.18. The molecule has 2 rings (SSSR count). The molecule has 0 aliphatic rings. The van der Waals surface area contributed by atoms with Crippen molar-refractivity contribution in [3.8, 4) is 0 Å². The SMILES string of the molecule is O=C(O)CCCc1ccccc1.O=C(O)CCCc1ccccc1.[Cl][Pt+2][Cl].[NH2-].[NH2-]. The molecule has 6 nitrogen and oxygen atoms in total. The van der Waals surface area contributed by atoms with Gasteiger partial charge in [-0.15, -0.1) is 0 Å². The summed E-state index contributed by atoms with van der Waals surface area (Å²) in [5.74, 6) is -1.43. The van der Waals surface area contributed by atoms with Crippen LogP contribution in [0.25, 0.3) is 12.3 Å². The third-order valence-electron chi connectivity index (χ3n) is 3.40. The van der Waals surface area contributed by atoms with Crippen LogP contribution in [-0.2, 0) is 38.9 Å². The molecule has 0 aliphatic carbocycles. The minimum absolute atomic E-state index is 0. The summed E-state index contributed by atoms with van der Waals surface area (Å²) in [7, 11) is 9.75. The van der Waals surface area contributed by atoms with E-state index in [1.165, 1.54) is 11.1 Å². The maximum absolute atomic E-state index is 10.2. The van der Waals surface area contributed by atoms with Gasteiger partial charge in [-0.1, -0.05) is 60.7 Å². The molecule has 2 aromatic rings. The van der Waals surface area contributed by atoms with Gasteiger partial charge in [-0.25, -0.2) is 0 Å². The number of aliphatic carboxylic acids is 2. The van der Waals surface area contributed by atoms with E-state index in [2.05, 4.69) is 0 Å². The van der Waals surface area contributed by atoms with Crippen molar-refractivity contribution in [2.24, 2.45) is 0 Å². The van der Waals surface area contributed by atoms with Gasteiger partial charge >= 0.3 is 47.3 Å². The van der Waals surface area contributed by atoms with Gasteiger partial charge in [-0.05, 0) is 36.8 Å². The first-order valence-electron chi connectivity index (χ1n) is 8.33. The molecule has 0 spiro atoms. The van der Waals surface area contributed by atoms with Crippen LogP contribution in [0.4, 0.5) is 0 Å². The molecule has 2 aromatic carbocycles. The Bertz CT molecular complexity index is 579. The van der Waals surface area contributed by atoms with Gasteiger partial charge in [-0.3, -0.25) is 9.59 Å². The fourth-order valence-electron chi connectivity index (χ4n) is 2.18. The molecule has 0 amide bonds.